The number of furan rings is 1. The first-order valence-electron chi connectivity index (χ1n) is 9.70. The number of piperidine rings is 1. The number of nitrogens with zero attached hydrogens (tertiary/aromatic N) is 5. The number of pyridine rings is 1. The summed E-state index contributed by atoms with van der Waals surface area (Å²) in [5.74, 6) is 2.47. The summed E-state index contributed by atoms with van der Waals surface area (Å²) in [5.41, 5.74) is 1.17. The van der Waals surface area contributed by atoms with Gasteiger partial charge in [-0.3, -0.25) is 4.79 Å². The van der Waals surface area contributed by atoms with Crippen molar-refractivity contribution in [3.05, 3.63) is 58.4 Å². The molecule has 0 amide bonds. The van der Waals surface area contributed by atoms with Gasteiger partial charge in [0, 0.05) is 37.3 Å². The van der Waals surface area contributed by atoms with E-state index in [-0.39, 0.29) is 17.5 Å². The third-order valence-electron chi connectivity index (χ3n) is 5.55. The molecule has 9 nitrogen and oxygen atoms in total. The molecule has 1 N–H and O–H groups in total. The van der Waals surface area contributed by atoms with Crippen LogP contribution in [0.15, 0.2) is 45.8 Å². The highest BCUT2D eigenvalue weighted by Crippen LogP contribution is 2.36. The summed E-state index contributed by atoms with van der Waals surface area (Å²) in [6.45, 7) is 2.75. The van der Waals surface area contributed by atoms with E-state index in [4.69, 9.17) is 9.15 Å². The molecule has 3 aromatic rings. The molecule has 5 heterocycles. The van der Waals surface area contributed by atoms with Gasteiger partial charge >= 0.3 is 6.01 Å². The first-order valence-corrected chi connectivity index (χ1v) is 9.70. The van der Waals surface area contributed by atoms with Crippen LogP contribution in [-0.2, 0) is 13.1 Å². The van der Waals surface area contributed by atoms with Crippen LogP contribution in [0.1, 0.15) is 23.8 Å². The Hall–Kier alpha value is -3.36. The molecule has 1 fully saturated rings. The molecule has 0 radical (unpaired) electrons. The van der Waals surface area contributed by atoms with Crippen molar-refractivity contribution < 1.29 is 9.15 Å². The lowest BCUT2D eigenvalue weighted by Crippen LogP contribution is -2.47. The number of hydrogen-bond donors (Lipinski definition) is 1. The van der Waals surface area contributed by atoms with E-state index in [1.54, 1.807) is 19.4 Å². The third kappa shape index (κ3) is 3.43. The molecule has 0 aromatic carbocycles. The minimum atomic E-state index is 0.0805. The zero-order chi connectivity index (χ0) is 19.8. The minimum absolute atomic E-state index is 0.0805. The Bertz CT molecular complexity index is 1060. The number of nitrogens with one attached hydrogen (secondary N) is 1. The monoisotopic (exact) mass is 394 g/mol. The maximum atomic E-state index is 12.2. The van der Waals surface area contributed by atoms with Crippen molar-refractivity contribution in [2.45, 2.75) is 25.4 Å². The van der Waals surface area contributed by atoms with Crippen LogP contribution in [0.4, 0.5) is 11.9 Å². The second kappa shape index (κ2) is 7.23. The molecule has 2 unspecified atom stereocenters. The van der Waals surface area contributed by atoms with Crippen LogP contribution in [-0.4, -0.2) is 39.7 Å². The first kappa shape index (κ1) is 17.7. The summed E-state index contributed by atoms with van der Waals surface area (Å²) >= 11 is 0. The van der Waals surface area contributed by atoms with Crippen LogP contribution in [0.2, 0.25) is 0 Å². The van der Waals surface area contributed by atoms with Crippen LogP contribution in [0.25, 0.3) is 0 Å². The van der Waals surface area contributed by atoms with Crippen molar-refractivity contribution in [1.82, 2.24) is 19.5 Å². The van der Waals surface area contributed by atoms with E-state index >= 15 is 0 Å². The van der Waals surface area contributed by atoms with Crippen LogP contribution in [0.3, 0.4) is 0 Å². The summed E-state index contributed by atoms with van der Waals surface area (Å²) in [4.78, 5) is 27.8. The fourth-order valence-corrected chi connectivity index (χ4v) is 4.30. The number of methoxy groups -OCH3 is 1. The second-order valence-electron chi connectivity index (χ2n) is 7.48. The van der Waals surface area contributed by atoms with Gasteiger partial charge in [0.2, 0.25) is 11.9 Å². The van der Waals surface area contributed by atoms with Gasteiger partial charge in [-0.1, -0.05) is 6.07 Å². The number of aromatic nitrogens is 4. The van der Waals surface area contributed by atoms with Gasteiger partial charge < -0.3 is 23.9 Å². The fraction of sp³-hybridized carbons (Fsp3) is 0.400. The van der Waals surface area contributed by atoms with Crippen LogP contribution < -0.4 is 20.5 Å². The summed E-state index contributed by atoms with van der Waals surface area (Å²) in [7, 11) is 1.54. The molecule has 2 aliphatic rings. The van der Waals surface area contributed by atoms with Crippen molar-refractivity contribution >= 4 is 11.9 Å². The van der Waals surface area contributed by atoms with Crippen LogP contribution in [0, 0.1) is 5.92 Å². The summed E-state index contributed by atoms with van der Waals surface area (Å²) in [6.07, 6.45) is 2.71. The van der Waals surface area contributed by atoms with Gasteiger partial charge in [0.05, 0.1) is 19.9 Å². The highest BCUT2D eigenvalue weighted by atomic mass is 16.5. The highest BCUT2D eigenvalue weighted by Gasteiger charge is 2.35. The largest absolute Gasteiger partial charge is 0.467 e. The van der Waals surface area contributed by atoms with E-state index < -0.39 is 0 Å². The van der Waals surface area contributed by atoms with Gasteiger partial charge in [0.1, 0.15) is 5.76 Å². The number of ether oxygens (including phenoxy) is 1. The summed E-state index contributed by atoms with van der Waals surface area (Å²) in [6, 6.07) is 9.52. The van der Waals surface area contributed by atoms with Gasteiger partial charge in [0.25, 0.3) is 5.56 Å². The maximum absolute atomic E-state index is 12.2. The van der Waals surface area contributed by atoms with Gasteiger partial charge in [0.15, 0.2) is 0 Å². The molecule has 3 aromatic heterocycles. The van der Waals surface area contributed by atoms with Crippen molar-refractivity contribution in [3.8, 4) is 6.01 Å². The average Bonchev–Trinajstić information content (AvgIpc) is 3.26. The molecule has 5 rings (SSSR count). The van der Waals surface area contributed by atoms with Crippen molar-refractivity contribution in [1.29, 1.82) is 0 Å². The Kier molecular flexibility index (Phi) is 4.42. The Morgan fingerprint density at radius 3 is 2.93 bits per heavy atom. The third-order valence-corrected chi connectivity index (χ3v) is 5.55. The zero-order valence-corrected chi connectivity index (χ0v) is 16.1. The predicted octanol–water partition coefficient (Wildman–Crippen LogP) is 1.87. The van der Waals surface area contributed by atoms with Gasteiger partial charge in [-0.2, -0.15) is 15.0 Å². The standard InChI is InChI=1S/C20H22N6O3/c1-28-20-23-18(21-9-15-4-3-7-29-15)22-19(24-20)25-10-13-8-14(12-25)16-5-2-6-17(27)26(16)11-13/h2-7,13-14H,8-12H2,1H3,(H,21,22,23,24). The predicted molar refractivity (Wildman–Crippen MR) is 106 cm³/mol. The van der Waals surface area contributed by atoms with Crippen molar-refractivity contribution in [3.63, 3.8) is 0 Å². The van der Waals surface area contributed by atoms with E-state index in [0.717, 1.165) is 37.5 Å². The van der Waals surface area contributed by atoms with Crippen molar-refractivity contribution in [2.75, 3.05) is 30.4 Å². The lowest BCUT2D eigenvalue weighted by molar-refractivity contribution is 0.279. The van der Waals surface area contributed by atoms with Crippen molar-refractivity contribution in [2.24, 2.45) is 5.92 Å². The van der Waals surface area contributed by atoms with Crippen LogP contribution in [0.5, 0.6) is 6.01 Å². The normalized spacial score (nSPS) is 20.2. The van der Waals surface area contributed by atoms with Gasteiger partial charge in [-0.15, -0.1) is 0 Å². The minimum Gasteiger partial charge on any atom is -0.467 e. The van der Waals surface area contributed by atoms with E-state index in [9.17, 15) is 4.79 Å². The summed E-state index contributed by atoms with van der Waals surface area (Å²) < 4.78 is 12.6. The molecule has 0 saturated carbocycles. The number of hydrogen-bond acceptors (Lipinski definition) is 8. The molecular weight excluding hydrogens is 372 g/mol. The van der Waals surface area contributed by atoms with Crippen LogP contribution >= 0.6 is 0 Å². The average molecular weight is 394 g/mol. The molecule has 1 saturated heterocycles. The molecular formula is C20H22N6O3. The highest BCUT2D eigenvalue weighted by molar-refractivity contribution is 5.40. The Morgan fingerprint density at radius 2 is 2.10 bits per heavy atom. The summed E-state index contributed by atoms with van der Waals surface area (Å²) in [5, 5.41) is 3.17. The van der Waals surface area contributed by atoms with Gasteiger partial charge in [-0.05, 0) is 30.5 Å². The van der Waals surface area contributed by atoms with Gasteiger partial charge in [-0.25, -0.2) is 0 Å². The number of fused-ring (bicyclic) bond motifs is 4. The van der Waals surface area contributed by atoms with E-state index in [1.165, 1.54) is 0 Å². The van der Waals surface area contributed by atoms with E-state index in [1.807, 2.05) is 22.8 Å². The lowest BCUT2D eigenvalue weighted by atomic mass is 9.83. The fourth-order valence-electron chi connectivity index (χ4n) is 4.30. The molecule has 2 bridgehead atoms. The molecule has 29 heavy (non-hydrogen) atoms. The molecule has 2 atom stereocenters. The lowest BCUT2D eigenvalue weighted by Gasteiger charge is -2.42. The molecule has 9 heteroatoms. The Labute approximate surface area is 167 Å². The molecule has 2 aliphatic heterocycles. The smallest absolute Gasteiger partial charge is 0.322 e. The second-order valence-corrected chi connectivity index (χ2v) is 7.48. The SMILES string of the molecule is COc1nc(NCc2ccco2)nc(N2CC3CC(C2)c2cccc(=O)n2C3)n1. The number of rotatable bonds is 5. The van der Waals surface area contributed by atoms with E-state index in [0.29, 0.717) is 24.4 Å². The topological polar surface area (TPSA) is 98.3 Å². The Balaban J connectivity index is 1.41. The Morgan fingerprint density at radius 1 is 1.17 bits per heavy atom. The molecule has 0 aliphatic carbocycles. The zero-order valence-electron chi connectivity index (χ0n) is 16.1. The number of anilines is 2. The first-order chi connectivity index (χ1) is 14.2. The quantitative estimate of drug-likeness (QED) is 0.700. The molecule has 150 valence electrons. The maximum Gasteiger partial charge on any atom is 0.322 e. The molecule has 0 spiro atoms. The van der Waals surface area contributed by atoms with E-state index in [2.05, 4.69) is 31.2 Å².